The number of thioether (sulfide) groups is 1. The third-order valence-corrected chi connectivity index (χ3v) is 4.45. The number of para-hydroxylation sites is 2. The Morgan fingerprint density at radius 3 is 2.95 bits per heavy atom. The minimum absolute atomic E-state index is 0.0879. The molecule has 0 aliphatic heterocycles. The summed E-state index contributed by atoms with van der Waals surface area (Å²) >= 11 is 1.62. The van der Waals surface area contributed by atoms with Gasteiger partial charge in [0.15, 0.2) is 0 Å². The van der Waals surface area contributed by atoms with E-state index < -0.39 is 5.97 Å². The Bertz CT molecular complexity index is 647. The van der Waals surface area contributed by atoms with Crippen molar-refractivity contribution in [2.75, 3.05) is 11.5 Å². The lowest BCUT2D eigenvalue weighted by Crippen LogP contribution is -2.17. The highest BCUT2D eigenvalue weighted by atomic mass is 32.2. The molecule has 2 rings (SSSR count). The van der Waals surface area contributed by atoms with Crippen LogP contribution in [0.2, 0.25) is 0 Å². The van der Waals surface area contributed by atoms with E-state index in [1.54, 1.807) is 23.3 Å². The zero-order chi connectivity index (χ0) is 14.5. The van der Waals surface area contributed by atoms with Crippen LogP contribution in [0, 0.1) is 5.92 Å². The number of H-pyrrole nitrogens is 1. The summed E-state index contributed by atoms with van der Waals surface area (Å²) in [5.41, 5.74) is 1.68. The maximum Gasteiger partial charge on any atom is 0.326 e. The molecule has 0 amide bonds. The zero-order valence-corrected chi connectivity index (χ0v) is 12.2. The third-order valence-electron chi connectivity index (χ3n) is 3.14. The highest BCUT2D eigenvalue weighted by Crippen LogP contribution is 2.12. The monoisotopic (exact) mass is 294 g/mol. The number of hydrogen-bond acceptors (Lipinski definition) is 3. The van der Waals surface area contributed by atoms with Gasteiger partial charge in [-0.2, -0.15) is 11.8 Å². The molecule has 1 unspecified atom stereocenters. The lowest BCUT2D eigenvalue weighted by molar-refractivity contribution is -0.140. The standard InChI is InChI=1S/C14H18N2O3S/c1-10(13(17)18)9-20-8-4-7-16-12-6-3-2-5-11(12)15-14(16)19/h2-3,5-6,10H,4,7-9H2,1H3,(H,15,19)(H,17,18). The van der Waals surface area contributed by atoms with Crippen LogP contribution in [-0.2, 0) is 11.3 Å². The van der Waals surface area contributed by atoms with Gasteiger partial charge in [0.05, 0.1) is 17.0 Å². The van der Waals surface area contributed by atoms with Crippen molar-refractivity contribution in [1.29, 1.82) is 0 Å². The van der Waals surface area contributed by atoms with Gasteiger partial charge in [-0.05, 0) is 24.3 Å². The number of aliphatic carboxylic acids is 1. The van der Waals surface area contributed by atoms with Crippen molar-refractivity contribution in [2.24, 2.45) is 5.92 Å². The van der Waals surface area contributed by atoms with Gasteiger partial charge < -0.3 is 10.1 Å². The van der Waals surface area contributed by atoms with Gasteiger partial charge in [0, 0.05) is 12.3 Å². The van der Waals surface area contributed by atoms with Crippen LogP contribution in [0.25, 0.3) is 11.0 Å². The Morgan fingerprint density at radius 1 is 1.45 bits per heavy atom. The van der Waals surface area contributed by atoms with E-state index in [0.717, 1.165) is 23.2 Å². The Morgan fingerprint density at radius 2 is 2.20 bits per heavy atom. The molecule has 0 aliphatic rings. The topological polar surface area (TPSA) is 75.1 Å². The predicted octanol–water partition coefficient (Wildman–Crippen LogP) is 2.17. The smallest absolute Gasteiger partial charge is 0.326 e. The zero-order valence-electron chi connectivity index (χ0n) is 11.3. The molecular formula is C14H18N2O3S. The number of hydrogen-bond donors (Lipinski definition) is 2. The first-order valence-corrected chi connectivity index (χ1v) is 7.73. The molecule has 0 spiro atoms. The molecule has 2 N–H and O–H groups in total. The molecular weight excluding hydrogens is 276 g/mol. The third kappa shape index (κ3) is 3.45. The molecule has 0 saturated carbocycles. The second kappa shape index (κ2) is 6.65. The minimum Gasteiger partial charge on any atom is -0.481 e. The summed E-state index contributed by atoms with van der Waals surface area (Å²) < 4.78 is 1.73. The summed E-state index contributed by atoms with van der Waals surface area (Å²) in [4.78, 5) is 25.3. The number of carboxylic acid groups (broad SMARTS) is 1. The number of carboxylic acids is 1. The number of imidazole rings is 1. The van der Waals surface area contributed by atoms with Gasteiger partial charge in [0.1, 0.15) is 0 Å². The van der Waals surface area contributed by atoms with Gasteiger partial charge in [0.2, 0.25) is 0 Å². The van der Waals surface area contributed by atoms with Crippen LogP contribution >= 0.6 is 11.8 Å². The van der Waals surface area contributed by atoms with Crippen molar-refractivity contribution in [3.8, 4) is 0 Å². The van der Waals surface area contributed by atoms with Gasteiger partial charge in [-0.15, -0.1) is 0 Å². The number of nitrogens with zero attached hydrogens (tertiary/aromatic N) is 1. The lowest BCUT2D eigenvalue weighted by atomic mass is 10.2. The van der Waals surface area contributed by atoms with Crippen LogP contribution in [0.15, 0.2) is 29.1 Å². The summed E-state index contributed by atoms with van der Waals surface area (Å²) in [6.07, 6.45) is 0.846. The van der Waals surface area contributed by atoms with Crippen molar-refractivity contribution >= 4 is 28.8 Å². The molecule has 1 aromatic heterocycles. The fourth-order valence-corrected chi connectivity index (χ4v) is 2.98. The van der Waals surface area contributed by atoms with Gasteiger partial charge in [-0.25, -0.2) is 4.79 Å². The number of rotatable bonds is 7. The van der Waals surface area contributed by atoms with Gasteiger partial charge in [0.25, 0.3) is 0 Å². The van der Waals surface area contributed by atoms with Gasteiger partial charge in [-0.1, -0.05) is 19.1 Å². The summed E-state index contributed by atoms with van der Waals surface area (Å²) in [5.74, 6) is 0.378. The fourth-order valence-electron chi connectivity index (χ4n) is 1.98. The molecule has 1 aromatic carbocycles. The first-order valence-electron chi connectivity index (χ1n) is 6.57. The maximum absolute atomic E-state index is 11.8. The van der Waals surface area contributed by atoms with E-state index in [0.29, 0.717) is 12.3 Å². The van der Waals surface area contributed by atoms with Gasteiger partial charge in [-0.3, -0.25) is 9.36 Å². The number of aromatic nitrogens is 2. The normalized spacial score (nSPS) is 12.7. The number of benzene rings is 1. The Balaban J connectivity index is 1.86. The van der Waals surface area contributed by atoms with E-state index in [1.807, 2.05) is 24.3 Å². The van der Waals surface area contributed by atoms with Gasteiger partial charge >= 0.3 is 11.7 Å². The largest absolute Gasteiger partial charge is 0.481 e. The van der Waals surface area contributed by atoms with E-state index in [9.17, 15) is 9.59 Å². The summed E-state index contributed by atoms with van der Waals surface area (Å²) in [6, 6.07) is 7.62. The van der Waals surface area contributed by atoms with Crippen molar-refractivity contribution in [2.45, 2.75) is 19.9 Å². The molecule has 2 aromatic rings. The van der Waals surface area contributed by atoms with Crippen LogP contribution < -0.4 is 5.69 Å². The molecule has 5 nitrogen and oxygen atoms in total. The van der Waals surface area contributed by atoms with E-state index in [4.69, 9.17) is 5.11 Å². The summed E-state index contributed by atoms with van der Waals surface area (Å²) in [5, 5.41) is 8.78. The highest BCUT2D eigenvalue weighted by molar-refractivity contribution is 7.99. The van der Waals surface area contributed by atoms with Crippen LogP contribution in [0.4, 0.5) is 0 Å². The van der Waals surface area contributed by atoms with Crippen LogP contribution in [-0.4, -0.2) is 32.1 Å². The number of carbonyl (C=O) groups is 1. The predicted molar refractivity (Wildman–Crippen MR) is 81.3 cm³/mol. The van der Waals surface area contributed by atoms with Crippen molar-refractivity contribution in [3.05, 3.63) is 34.7 Å². The van der Waals surface area contributed by atoms with E-state index in [2.05, 4.69) is 4.98 Å². The summed E-state index contributed by atoms with van der Waals surface area (Å²) in [7, 11) is 0. The Labute approximate surface area is 121 Å². The van der Waals surface area contributed by atoms with E-state index in [1.165, 1.54) is 0 Å². The number of aromatic amines is 1. The highest BCUT2D eigenvalue weighted by Gasteiger charge is 2.10. The Hall–Kier alpha value is -1.69. The molecule has 1 heterocycles. The van der Waals surface area contributed by atoms with E-state index >= 15 is 0 Å². The molecule has 0 bridgehead atoms. The van der Waals surface area contributed by atoms with Crippen LogP contribution in [0.5, 0.6) is 0 Å². The number of aryl methyl sites for hydroxylation is 1. The van der Waals surface area contributed by atoms with Crippen molar-refractivity contribution in [3.63, 3.8) is 0 Å². The average molecular weight is 294 g/mol. The molecule has 0 aliphatic carbocycles. The maximum atomic E-state index is 11.8. The SMILES string of the molecule is CC(CSCCCn1c(=O)[nH]c2ccccc21)C(=O)O. The van der Waals surface area contributed by atoms with Crippen molar-refractivity contribution in [1.82, 2.24) is 9.55 Å². The Kier molecular flexibility index (Phi) is 4.89. The van der Waals surface area contributed by atoms with Crippen LogP contribution in [0.3, 0.4) is 0 Å². The van der Waals surface area contributed by atoms with E-state index in [-0.39, 0.29) is 11.6 Å². The minimum atomic E-state index is -0.759. The molecule has 0 saturated heterocycles. The number of nitrogens with one attached hydrogen (secondary N) is 1. The first-order chi connectivity index (χ1) is 9.59. The number of fused-ring (bicyclic) bond motifs is 1. The fraction of sp³-hybridized carbons (Fsp3) is 0.429. The quantitative estimate of drug-likeness (QED) is 0.767. The molecule has 108 valence electrons. The van der Waals surface area contributed by atoms with Crippen molar-refractivity contribution < 1.29 is 9.90 Å². The molecule has 6 heteroatoms. The molecule has 1 atom stereocenters. The molecule has 0 fully saturated rings. The second-order valence-corrected chi connectivity index (χ2v) is 5.92. The second-order valence-electron chi connectivity index (χ2n) is 4.77. The average Bonchev–Trinajstić information content (AvgIpc) is 2.74. The van der Waals surface area contributed by atoms with Crippen LogP contribution in [0.1, 0.15) is 13.3 Å². The molecule has 0 radical (unpaired) electrons. The molecule has 20 heavy (non-hydrogen) atoms. The lowest BCUT2D eigenvalue weighted by Gasteiger charge is -2.06. The first kappa shape index (κ1) is 14.7. The summed E-state index contributed by atoms with van der Waals surface area (Å²) in [6.45, 7) is 2.36.